The van der Waals surface area contributed by atoms with Crippen LogP contribution in [0.25, 0.3) is 0 Å². The van der Waals surface area contributed by atoms with Crippen LogP contribution in [0.5, 0.6) is 0 Å². The van der Waals surface area contributed by atoms with Gasteiger partial charge in [0.15, 0.2) is 0 Å². The molecule has 2 heteroatoms. The van der Waals surface area contributed by atoms with E-state index in [0.29, 0.717) is 6.54 Å². The first-order chi connectivity index (χ1) is 7.56. The van der Waals surface area contributed by atoms with E-state index < -0.39 is 0 Å². The molecular formula is C14H20FN. The molecule has 0 radical (unpaired) electrons. The van der Waals surface area contributed by atoms with E-state index in [2.05, 4.69) is 19.9 Å². The zero-order valence-electron chi connectivity index (χ0n) is 10.1. The van der Waals surface area contributed by atoms with E-state index in [9.17, 15) is 4.39 Å². The Kier molecular flexibility index (Phi) is 3.02. The first-order valence-corrected chi connectivity index (χ1v) is 6.03. The van der Waals surface area contributed by atoms with Crippen LogP contribution in [0.3, 0.4) is 0 Å². The Morgan fingerprint density at radius 2 is 2.19 bits per heavy atom. The third kappa shape index (κ3) is 1.86. The van der Waals surface area contributed by atoms with E-state index in [0.717, 1.165) is 24.8 Å². The molecule has 0 amide bonds. The minimum Gasteiger partial charge on any atom is -0.330 e. The second-order valence-electron chi connectivity index (χ2n) is 5.45. The summed E-state index contributed by atoms with van der Waals surface area (Å²) in [5.74, 6) is 0.214. The van der Waals surface area contributed by atoms with E-state index in [4.69, 9.17) is 5.73 Å². The highest BCUT2D eigenvalue weighted by Gasteiger charge is 2.34. The number of hydrogen-bond acceptors (Lipinski definition) is 1. The minimum absolute atomic E-state index is 0.0165. The first-order valence-electron chi connectivity index (χ1n) is 6.03. The zero-order chi connectivity index (χ0) is 11.8. The Bertz CT molecular complexity index is 384. The molecule has 2 N–H and O–H groups in total. The molecule has 0 heterocycles. The summed E-state index contributed by atoms with van der Waals surface area (Å²) in [4.78, 5) is 0. The van der Waals surface area contributed by atoms with Gasteiger partial charge in [0.2, 0.25) is 0 Å². The van der Waals surface area contributed by atoms with Crippen molar-refractivity contribution in [1.29, 1.82) is 0 Å². The van der Waals surface area contributed by atoms with Gasteiger partial charge in [-0.05, 0) is 54.3 Å². The second kappa shape index (κ2) is 4.17. The van der Waals surface area contributed by atoms with Crippen LogP contribution in [0.1, 0.15) is 43.7 Å². The van der Waals surface area contributed by atoms with Gasteiger partial charge in [0.05, 0.1) is 0 Å². The van der Waals surface area contributed by atoms with Gasteiger partial charge in [0.1, 0.15) is 5.82 Å². The predicted molar refractivity (Wildman–Crippen MR) is 64.9 cm³/mol. The molecule has 0 saturated heterocycles. The van der Waals surface area contributed by atoms with Crippen LogP contribution in [0.15, 0.2) is 18.2 Å². The Labute approximate surface area is 96.9 Å². The molecule has 1 unspecified atom stereocenters. The molecule has 0 aliphatic heterocycles. The van der Waals surface area contributed by atoms with Crippen molar-refractivity contribution in [2.24, 2.45) is 11.1 Å². The lowest BCUT2D eigenvalue weighted by molar-refractivity contribution is 0.262. The molecule has 0 bridgehead atoms. The van der Waals surface area contributed by atoms with Crippen molar-refractivity contribution in [2.45, 2.75) is 39.0 Å². The normalized spacial score (nSPS) is 20.6. The monoisotopic (exact) mass is 221 g/mol. The van der Waals surface area contributed by atoms with Crippen LogP contribution in [0.4, 0.5) is 4.39 Å². The minimum atomic E-state index is -0.0521. The largest absolute Gasteiger partial charge is 0.330 e. The molecule has 0 aromatic heterocycles. The lowest BCUT2D eigenvalue weighted by Gasteiger charge is -2.37. The lowest BCUT2D eigenvalue weighted by Crippen LogP contribution is -2.33. The SMILES string of the molecule is CC(C)(CN)C1CCCc2cccc(F)c21. The van der Waals surface area contributed by atoms with Crippen molar-refractivity contribution in [3.05, 3.63) is 35.1 Å². The molecule has 1 nitrogen and oxygen atoms in total. The van der Waals surface area contributed by atoms with Crippen LogP contribution in [0, 0.1) is 11.2 Å². The Hall–Kier alpha value is -0.890. The number of benzene rings is 1. The molecule has 1 aromatic rings. The smallest absolute Gasteiger partial charge is 0.126 e. The maximum absolute atomic E-state index is 13.9. The topological polar surface area (TPSA) is 26.0 Å². The van der Waals surface area contributed by atoms with E-state index >= 15 is 0 Å². The first kappa shape index (κ1) is 11.6. The maximum Gasteiger partial charge on any atom is 0.126 e. The molecular weight excluding hydrogens is 201 g/mol. The number of fused-ring (bicyclic) bond motifs is 1. The Balaban J connectivity index is 2.47. The number of nitrogens with two attached hydrogens (primary N) is 1. The highest BCUT2D eigenvalue weighted by Crippen LogP contribution is 2.44. The molecule has 1 aliphatic rings. The van der Waals surface area contributed by atoms with Crippen molar-refractivity contribution in [3.8, 4) is 0 Å². The Morgan fingerprint density at radius 3 is 2.88 bits per heavy atom. The van der Waals surface area contributed by atoms with Gasteiger partial charge in [-0.3, -0.25) is 0 Å². The fourth-order valence-electron chi connectivity index (χ4n) is 2.75. The summed E-state index contributed by atoms with van der Waals surface area (Å²) in [5.41, 5.74) is 7.90. The molecule has 88 valence electrons. The fraction of sp³-hybridized carbons (Fsp3) is 0.571. The van der Waals surface area contributed by atoms with Crippen molar-refractivity contribution in [3.63, 3.8) is 0 Å². The molecule has 0 saturated carbocycles. The van der Waals surface area contributed by atoms with E-state index in [1.54, 1.807) is 6.07 Å². The molecule has 2 rings (SSSR count). The second-order valence-corrected chi connectivity index (χ2v) is 5.45. The fourth-order valence-corrected chi connectivity index (χ4v) is 2.75. The van der Waals surface area contributed by atoms with Crippen LogP contribution >= 0.6 is 0 Å². The molecule has 1 aliphatic carbocycles. The summed E-state index contributed by atoms with van der Waals surface area (Å²) < 4.78 is 13.9. The average molecular weight is 221 g/mol. The van der Waals surface area contributed by atoms with Crippen molar-refractivity contribution in [2.75, 3.05) is 6.54 Å². The van der Waals surface area contributed by atoms with E-state index in [1.807, 2.05) is 6.07 Å². The Morgan fingerprint density at radius 1 is 1.44 bits per heavy atom. The molecule has 0 fully saturated rings. The van der Waals surface area contributed by atoms with Crippen LogP contribution in [-0.4, -0.2) is 6.54 Å². The van der Waals surface area contributed by atoms with Gasteiger partial charge >= 0.3 is 0 Å². The molecule has 0 spiro atoms. The van der Waals surface area contributed by atoms with Crippen molar-refractivity contribution < 1.29 is 4.39 Å². The third-order valence-electron chi connectivity index (χ3n) is 3.90. The van der Waals surface area contributed by atoms with Gasteiger partial charge in [0.25, 0.3) is 0 Å². The number of halogens is 1. The highest BCUT2D eigenvalue weighted by molar-refractivity contribution is 5.35. The summed E-state index contributed by atoms with van der Waals surface area (Å²) in [5, 5.41) is 0. The summed E-state index contributed by atoms with van der Waals surface area (Å²) in [6.45, 7) is 4.88. The van der Waals surface area contributed by atoms with Gasteiger partial charge in [-0.2, -0.15) is 0 Å². The third-order valence-corrected chi connectivity index (χ3v) is 3.90. The average Bonchev–Trinajstić information content (AvgIpc) is 2.29. The molecule has 1 atom stereocenters. The van der Waals surface area contributed by atoms with Crippen molar-refractivity contribution in [1.82, 2.24) is 0 Å². The number of aryl methyl sites for hydroxylation is 1. The number of hydrogen-bond donors (Lipinski definition) is 1. The van der Waals surface area contributed by atoms with Crippen molar-refractivity contribution >= 4 is 0 Å². The predicted octanol–water partition coefficient (Wildman–Crippen LogP) is 3.23. The van der Waals surface area contributed by atoms with Gasteiger partial charge in [-0.15, -0.1) is 0 Å². The van der Waals surface area contributed by atoms with Gasteiger partial charge in [0, 0.05) is 0 Å². The maximum atomic E-state index is 13.9. The van der Waals surface area contributed by atoms with Gasteiger partial charge in [-0.1, -0.05) is 26.0 Å². The standard InChI is InChI=1S/C14H20FN/c1-14(2,9-16)11-7-3-5-10-6-4-8-12(15)13(10)11/h4,6,8,11H,3,5,7,9,16H2,1-2H3. The molecule has 1 aromatic carbocycles. The van der Waals surface area contributed by atoms with Gasteiger partial charge < -0.3 is 5.73 Å². The van der Waals surface area contributed by atoms with Crippen LogP contribution < -0.4 is 5.73 Å². The summed E-state index contributed by atoms with van der Waals surface area (Å²) in [7, 11) is 0. The summed E-state index contributed by atoms with van der Waals surface area (Å²) in [6.07, 6.45) is 3.20. The van der Waals surface area contributed by atoms with Crippen LogP contribution in [-0.2, 0) is 6.42 Å². The zero-order valence-corrected chi connectivity index (χ0v) is 10.1. The van der Waals surface area contributed by atoms with E-state index in [1.165, 1.54) is 5.56 Å². The highest BCUT2D eigenvalue weighted by atomic mass is 19.1. The summed E-state index contributed by atoms with van der Waals surface area (Å²) >= 11 is 0. The van der Waals surface area contributed by atoms with Crippen LogP contribution in [0.2, 0.25) is 0 Å². The quantitative estimate of drug-likeness (QED) is 0.815. The lowest BCUT2D eigenvalue weighted by atomic mass is 9.68. The van der Waals surface area contributed by atoms with Gasteiger partial charge in [-0.25, -0.2) is 4.39 Å². The molecule has 16 heavy (non-hydrogen) atoms. The van der Waals surface area contributed by atoms with E-state index in [-0.39, 0.29) is 17.2 Å². The number of rotatable bonds is 2. The summed E-state index contributed by atoms with van der Waals surface area (Å²) in [6, 6.07) is 5.44.